The van der Waals surface area contributed by atoms with Crippen molar-refractivity contribution in [3.05, 3.63) is 78.0 Å². The summed E-state index contributed by atoms with van der Waals surface area (Å²) >= 11 is 0. The van der Waals surface area contributed by atoms with Crippen molar-refractivity contribution in [3.8, 4) is 11.6 Å². The summed E-state index contributed by atoms with van der Waals surface area (Å²) < 4.78 is 15.2. The second-order valence-corrected chi connectivity index (χ2v) is 10.3. The summed E-state index contributed by atoms with van der Waals surface area (Å²) in [5.74, 6) is 0.873. The van der Waals surface area contributed by atoms with Crippen LogP contribution in [0, 0.1) is 6.92 Å². The van der Waals surface area contributed by atoms with E-state index in [4.69, 9.17) is 9.47 Å². The third kappa shape index (κ3) is 5.72. The molecule has 11 heteroatoms. The van der Waals surface area contributed by atoms with Gasteiger partial charge in [0.1, 0.15) is 23.7 Å². The lowest BCUT2D eigenvalue weighted by Crippen LogP contribution is -2.45. The number of fused-ring (bicyclic) bond motifs is 2. The number of benzene rings is 1. The average molecular weight is 555 g/mol. The van der Waals surface area contributed by atoms with Crippen LogP contribution in [0.5, 0.6) is 11.6 Å². The predicted octanol–water partition coefficient (Wildman–Crippen LogP) is 3.32. The molecule has 0 unspecified atom stereocenters. The molecule has 41 heavy (non-hydrogen) atoms. The van der Waals surface area contributed by atoms with Gasteiger partial charge in [-0.1, -0.05) is 12.1 Å². The highest BCUT2D eigenvalue weighted by Gasteiger charge is 2.20. The largest absolute Gasteiger partial charge is 0.492 e. The molecule has 1 amide bonds. The molecule has 6 rings (SSSR count). The monoisotopic (exact) mass is 554 g/mol. The van der Waals surface area contributed by atoms with Gasteiger partial charge in [0.25, 0.3) is 5.91 Å². The molecule has 212 valence electrons. The van der Waals surface area contributed by atoms with Crippen LogP contribution in [0.3, 0.4) is 0 Å². The van der Waals surface area contributed by atoms with Gasteiger partial charge in [-0.3, -0.25) is 23.8 Å². The summed E-state index contributed by atoms with van der Waals surface area (Å²) in [5.41, 5.74) is 4.32. The minimum Gasteiger partial charge on any atom is -0.492 e. The number of carbonyl (C=O) groups excluding carboxylic acids is 1. The Hall–Kier alpha value is -4.48. The molecule has 0 bridgehead atoms. The summed E-state index contributed by atoms with van der Waals surface area (Å²) in [6, 6.07) is 15.3. The van der Waals surface area contributed by atoms with Gasteiger partial charge in [0.2, 0.25) is 5.88 Å². The first-order valence-electron chi connectivity index (χ1n) is 13.8. The van der Waals surface area contributed by atoms with E-state index in [1.807, 2.05) is 66.3 Å². The first-order valence-corrected chi connectivity index (χ1v) is 13.8. The van der Waals surface area contributed by atoms with Crippen molar-refractivity contribution in [1.29, 1.82) is 0 Å². The van der Waals surface area contributed by atoms with E-state index in [0.29, 0.717) is 36.1 Å². The molecular weight excluding hydrogens is 520 g/mol. The lowest BCUT2D eigenvalue weighted by atomic mass is 10.2. The number of carbonyl (C=O) groups is 1. The van der Waals surface area contributed by atoms with Crippen molar-refractivity contribution in [2.45, 2.75) is 13.5 Å². The maximum absolute atomic E-state index is 13.4. The van der Waals surface area contributed by atoms with Crippen molar-refractivity contribution in [1.82, 2.24) is 33.9 Å². The van der Waals surface area contributed by atoms with E-state index in [9.17, 15) is 4.79 Å². The van der Waals surface area contributed by atoms with Gasteiger partial charge in [-0.15, -0.1) is 5.10 Å². The van der Waals surface area contributed by atoms with Crippen LogP contribution in [0.15, 0.2) is 60.9 Å². The zero-order chi connectivity index (χ0) is 28.3. The van der Waals surface area contributed by atoms with Crippen molar-refractivity contribution in [2.24, 2.45) is 0 Å². The SMILES string of the molecule is COc1nn(Cc2cccc(C)n2)c2cccc(NC(=O)c3cnc4cc(OCCN5CCN(C)CC5)ccn34)c12. The van der Waals surface area contributed by atoms with Crippen LogP contribution < -0.4 is 14.8 Å². The molecule has 0 spiro atoms. The lowest BCUT2D eigenvalue weighted by Gasteiger charge is -2.32. The summed E-state index contributed by atoms with van der Waals surface area (Å²) in [7, 11) is 3.73. The molecule has 1 aliphatic rings. The van der Waals surface area contributed by atoms with E-state index in [1.165, 1.54) is 0 Å². The van der Waals surface area contributed by atoms with E-state index in [0.717, 1.165) is 60.8 Å². The van der Waals surface area contributed by atoms with Gasteiger partial charge in [-0.25, -0.2) is 4.98 Å². The van der Waals surface area contributed by atoms with E-state index >= 15 is 0 Å². The molecule has 0 aliphatic carbocycles. The van der Waals surface area contributed by atoms with Crippen LogP contribution in [-0.2, 0) is 6.54 Å². The number of pyridine rings is 2. The topological polar surface area (TPSA) is 102 Å². The molecule has 0 atom stereocenters. The van der Waals surface area contributed by atoms with Crippen LogP contribution in [-0.4, -0.2) is 93.3 Å². The fourth-order valence-electron chi connectivity index (χ4n) is 5.17. The number of amides is 1. The molecular formula is C30H34N8O3. The minimum absolute atomic E-state index is 0.288. The van der Waals surface area contributed by atoms with Gasteiger partial charge in [-0.05, 0) is 44.3 Å². The zero-order valence-corrected chi connectivity index (χ0v) is 23.6. The lowest BCUT2D eigenvalue weighted by molar-refractivity contribution is 0.102. The highest BCUT2D eigenvalue weighted by atomic mass is 16.5. The van der Waals surface area contributed by atoms with E-state index in [2.05, 4.69) is 37.2 Å². The number of ether oxygens (including phenoxy) is 2. The van der Waals surface area contributed by atoms with Crippen molar-refractivity contribution >= 4 is 28.1 Å². The van der Waals surface area contributed by atoms with E-state index in [-0.39, 0.29) is 5.91 Å². The number of aromatic nitrogens is 5. The van der Waals surface area contributed by atoms with Crippen LogP contribution in [0.2, 0.25) is 0 Å². The Balaban J connectivity index is 1.18. The first-order chi connectivity index (χ1) is 20.0. The van der Waals surface area contributed by atoms with Gasteiger partial charge in [0, 0.05) is 50.7 Å². The van der Waals surface area contributed by atoms with Gasteiger partial charge < -0.3 is 19.7 Å². The molecule has 1 saturated heterocycles. The number of rotatable bonds is 9. The van der Waals surface area contributed by atoms with E-state index in [1.54, 1.807) is 17.7 Å². The second-order valence-electron chi connectivity index (χ2n) is 10.3. The molecule has 1 fully saturated rings. The Morgan fingerprint density at radius 3 is 2.71 bits per heavy atom. The number of nitrogens with zero attached hydrogens (tertiary/aromatic N) is 7. The zero-order valence-electron chi connectivity index (χ0n) is 23.6. The van der Waals surface area contributed by atoms with Crippen LogP contribution >= 0.6 is 0 Å². The molecule has 11 nitrogen and oxygen atoms in total. The standard InChI is InChI=1S/C30H34N8O3/c1-21-6-4-7-22(32-21)20-38-25-9-5-8-24(28(25)30(34-38)40-3)33-29(39)26-19-31-27-18-23(10-11-37(26)27)41-17-16-36-14-12-35(2)13-15-36/h4-11,18-19H,12-17,20H2,1-3H3,(H,33,39). The number of imidazole rings is 1. The van der Waals surface area contributed by atoms with Gasteiger partial charge in [0.05, 0.1) is 42.1 Å². The molecule has 5 heterocycles. The van der Waals surface area contributed by atoms with Gasteiger partial charge >= 0.3 is 0 Å². The van der Waals surface area contributed by atoms with Crippen LogP contribution in [0.25, 0.3) is 16.6 Å². The Bertz CT molecular complexity index is 1690. The summed E-state index contributed by atoms with van der Waals surface area (Å²) in [6.45, 7) is 8.21. The molecule has 0 radical (unpaired) electrons. The van der Waals surface area contributed by atoms with Gasteiger partial charge in [-0.2, -0.15) is 0 Å². The van der Waals surface area contributed by atoms with Crippen LogP contribution in [0.4, 0.5) is 5.69 Å². The maximum atomic E-state index is 13.4. The number of aryl methyl sites for hydroxylation is 1. The van der Waals surface area contributed by atoms with Gasteiger partial charge in [0.15, 0.2) is 0 Å². The summed E-state index contributed by atoms with van der Waals surface area (Å²) in [5, 5.41) is 8.41. The molecule has 0 saturated carbocycles. The molecule has 5 aromatic rings. The fourth-order valence-corrected chi connectivity index (χ4v) is 5.17. The number of anilines is 1. The third-order valence-electron chi connectivity index (χ3n) is 7.43. The second kappa shape index (κ2) is 11.6. The summed E-state index contributed by atoms with van der Waals surface area (Å²) in [4.78, 5) is 27.2. The Labute approximate surface area is 238 Å². The van der Waals surface area contributed by atoms with E-state index < -0.39 is 0 Å². The molecule has 1 aromatic carbocycles. The summed E-state index contributed by atoms with van der Waals surface area (Å²) in [6.07, 6.45) is 3.39. The van der Waals surface area contributed by atoms with Crippen molar-refractivity contribution in [3.63, 3.8) is 0 Å². The number of piperazine rings is 1. The molecule has 1 aliphatic heterocycles. The number of likely N-dealkylation sites (N-methyl/N-ethyl adjacent to an activating group) is 1. The number of hydrogen-bond acceptors (Lipinski definition) is 8. The number of nitrogens with one attached hydrogen (secondary N) is 1. The molecule has 1 N–H and O–H groups in total. The average Bonchev–Trinajstić information content (AvgIpc) is 3.56. The Morgan fingerprint density at radius 1 is 1.07 bits per heavy atom. The predicted molar refractivity (Wildman–Crippen MR) is 157 cm³/mol. The smallest absolute Gasteiger partial charge is 0.274 e. The van der Waals surface area contributed by atoms with Crippen LogP contribution in [0.1, 0.15) is 21.9 Å². The third-order valence-corrected chi connectivity index (χ3v) is 7.43. The fraction of sp³-hybridized carbons (Fsp3) is 0.333. The highest BCUT2D eigenvalue weighted by molar-refractivity contribution is 6.09. The maximum Gasteiger partial charge on any atom is 0.274 e. The molecule has 4 aromatic heterocycles. The van der Waals surface area contributed by atoms with Crippen molar-refractivity contribution < 1.29 is 14.3 Å². The number of hydrogen-bond donors (Lipinski definition) is 1. The minimum atomic E-state index is -0.288. The first kappa shape index (κ1) is 26.7. The Kier molecular flexibility index (Phi) is 7.53. The highest BCUT2D eigenvalue weighted by Crippen LogP contribution is 2.32. The normalized spacial score (nSPS) is 14.5. The van der Waals surface area contributed by atoms with Crippen molar-refractivity contribution in [2.75, 3.05) is 58.8 Å². The number of methoxy groups -OCH3 is 1. The quantitative estimate of drug-likeness (QED) is 0.296. The Morgan fingerprint density at radius 2 is 1.90 bits per heavy atom.